The van der Waals surface area contributed by atoms with Gasteiger partial charge in [0.05, 0.1) is 0 Å². The van der Waals surface area contributed by atoms with E-state index in [0.29, 0.717) is 6.42 Å². The second kappa shape index (κ2) is 5.15. The third-order valence-corrected chi connectivity index (χ3v) is 1.89. The minimum absolute atomic E-state index is 0.384. The van der Waals surface area contributed by atoms with E-state index in [4.69, 9.17) is 10.1 Å². The highest BCUT2D eigenvalue weighted by Crippen LogP contribution is 2.02. The molecule has 1 saturated heterocycles. The predicted octanol–water partition coefficient (Wildman–Crippen LogP) is 0.199. The van der Waals surface area contributed by atoms with Crippen molar-refractivity contribution in [1.82, 2.24) is 5.32 Å². The first-order chi connectivity index (χ1) is 7.16. The molecule has 0 radical (unpaired) electrons. The summed E-state index contributed by atoms with van der Waals surface area (Å²) in [5, 5.41) is 9.21. The van der Waals surface area contributed by atoms with Crippen LogP contribution in [-0.2, 0) is 14.3 Å². The van der Waals surface area contributed by atoms with E-state index in [1.165, 1.54) is 0 Å². The van der Waals surface area contributed by atoms with Crippen LogP contribution < -0.4 is 5.32 Å². The van der Waals surface area contributed by atoms with E-state index in [1.54, 1.807) is 0 Å². The monoisotopic (exact) mass is 208 g/mol. The molecule has 1 rings (SSSR count). The highest BCUT2D eigenvalue weighted by molar-refractivity contribution is 6.50. The van der Waals surface area contributed by atoms with Gasteiger partial charge in [0, 0.05) is 6.42 Å². The minimum atomic E-state index is -1.16. The number of unbranched alkanes of at least 4 members (excludes halogenated alkanes) is 2. The van der Waals surface area contributed by atoms with E-state index in [9.17, 15) is 9.59 Å². The molecule has 1 atom stereocenters. The molecule has 5 heteroatoms. The van der Waals surface area contributed by atoms with E-state index in [2.05, 4.69) is 12.0 Å². The zero-order valence-electron chi connectivity index (χ0n) is 8.42. The van der Waals surface area contributed by atoms with Gasteiger partial charge in [-0.1, -0.05) is 19.3 Å². The molecule has 0 spiro atoms. The summed E-state index contributed by atoms with van der Waals surface area (Å²) >= 11 is 0. The fraction of sp³-hybridized carbons (Fsp3) is 0.500. The van der Waals surface area contributed by atoms with Crippen LogP contribution in [0.3, 0.4) is 0 Å². The molecule has 15 heavy (non-hydrogen) atoms. The average Bonchev–Trinajstić information content (AvgIpc) is 2.44. The van der Waals surface area contributed by atoms with Crippen LogP contribution in [0.1, 0.15) is 26.2 Å². The summed E-state index contributed by atoms with van der Waals surface area (Å²) < 4.78 is 4.83. The van der Waals surface area contributed by atoms with E-state index >= 15 is 0 Å². The predicted molar refractivity (Wildman–Crippen MR) is 53.1 cm³/mol. The first-order valence-corrected chi connectivity index (χ1v) is 4.74. The van der Waals surface area contributed by atoms with Crippen molar-refractivity contribution in [1.29, 1.82) is 5.41 Å². The number of amides is 2. The maximum Gasteiger partial charge on any atom is 0.276 e. The minimum Gasteiger partial charge on any atom is -0.426 e. The molecule has 0 aromatic rings. The van der Waals surface area contributed by atoms with Crippen LogP contribution in [0, 0.1) is 17.4 Å². The zero-order chi connectivity index (χ0) is 11.3. The first-order valence-electron chi connectivity index (χ1n) is 4.74. The molecular weight excluding hydrogens is 196 g/mol. The Kier molecular flexibility index (Phi) is 3.86. The van der Waals surface area contributed by atoms with Crippen molar-refractivity contribution in [3.63, 3.8) is 0 Å². The van der Waals surface area contributed by atoms with Gasteiger partial charge in [0.2, 0.25) is 6.10 Å². The summed E-state index contributed by atoms with van der Waals surface area (Å²) in [6.45, 7) is 2.04. The number of rotatable bonds is 3. The average molecular weight is 208 g/mol. The van der Waals surface area contributed by atoms with Crippen LogP contribution in [0.2, 0.25) is 0 Å². The lowest BCUT2D eigenvalue weighted by Crippen LogP contribution is -2.26. The standard InChI is InChI=1S/C10H12N2O3/c1-2-3-4-5-6-15-8-7(11)9(13)12-10(8)14/h8,11H,2-4H2,1H3,(H,12,13,14). The van der Waals surface area contributed by atoms with Gasteiger partial charge in [-0.2, -0.15) is 0 Å². The molecule has 0 aliphatic carbocycles. The normalized spacial score (nSPS) is 19.5. The molecule has 80 valence electrons. The summed E-state index contributed by atoms with van der Waals surface area (Å²) in [6, 6.07) is 0. The van der Waals surface area contributed by atoms with Gasteiger partial charge in [0.25, 0.3) is 11.8 Å². The number of carbonyl (C=O) groups is 2. The number of hydrogen-bond donors (Lipinski definition) is 2. The maximum atomic E-state index is 11.0. The van der Waals surface area contributed by atoms with E-state index in [-0.39, 0.29) is 5.71 Å². The lowest BCUT2D eigenvalue weighted by Gasteiger charge is -2.00. The molecule has 1 unspecified atom stereocenters. The van der Waals surface area contributed by atoms with Crippen molar-refractivity contribution in [3.05, 3.63) is 0 Å². The lowest BCUT2D eigenvalue weighted by molar-refractivity contribution is -0.127. The molecule has 2 amide bonds. The third-order valence-electron chi connectivity index (χ3n) is 1.89. The number of carbonyl (C=O) groups excluding carboxylic acids is 2. The zero-order valence-corrected chi connectivity index (χ0v) is 8.42. The summed E-state index contributed by atoms with van der Waals surface area (Å²) in [4.78, 5) is 21.9. The van der Waals surface area contributed by atoms with Crippen molar-refractivity contribution in [2.45, 2.75) is 32.3 Å². The Morgan fingerprint density at radius 2 is 2.27 bits per heavy atom. The molecule has 2 N–H and O–H groups in total. The van der Waals surface area contributed by atoms with Crippen molar-refractivity contribution < 1.29 is 14.3 Å². The summed E-state index contributed by atoms with van der Waals surface area (Å²) in [5.74, 6) is 1.39. The van der Waals surface area contributed by atoms with Gasteiger partial charge in [0.1, 0.15) is 11.8 Å². The molecule has 5 nitrogen and oxygen atoms in total. The van der Waals surface area contributed by atoms with Crippen LogP contribution in [0.4, 0.5) is 0 Å². The van der Waals surface area contributed by atoms with Gasteiger partial charge in [-0.25, -0.2) is 0 Å². The van der Waals surface area contributed by atoms with Gasteiger partial charge in [-0.15, -0.1) is 0 Å². The molecule has 0 aromatic heterocycles. The maximum absolute atomic E-state index is 11.0. The Bertz CT molecular complexity index is 351. The van der Waals surface area contributed by atoms with E-state index in [0.717, 1.165) is 12.8 Å². The van der Waals surface area contributed by atoms with Crippen molar-refractivity contribution >= 4 is 17.5 Å². The molecule has 1 aliphatic heterocycles. The Labute approximate surface area is 87.7 Å². The highest BCUT2D eigenvalue weighted by atomic mass is 16.5. The molecule has 1 aliphatic rings. The largest absolute Gasteiger partial charge is 0.426 e. The summed E-state index contributed by atoms with van der Waals surface area (Å²) in [6.07, 6.45) is 3.86. The van der Waals surface area contributed by atoms with Gasteiger partial charge in [-0.3, -0.25) is 20.3 Å². The third kappa shape index (κ3) is 2.81. The molecular formula is C10H12N2O3. The fourth-order valence-electron chi connectivity index (χ4n) is 1.02. The van der Waals surface area contributed by atoms with Crippen molar-refractivity contribution in [2.24, 2.45) is 0 Å². The number of nitrogens with one attached hydrogen (secondary N) is 2. The number of ether oxygens (including phenoxy) is 1. The molecule has 0 aromatic carbocycles. The van der Waals surface area contributed by atoms with Gasteiger partial charge in [0.15, 0.2) is 0 Å². The van der Waals surface area contributed by atoms with Crippen LogP contribution in [0.25, 0.3) is 0 Å². The summed E-state index contributed by atoms with van der Waals surface area (Å²) in [7, 11) is 0. The van der Waals surface area contributed by atoms with Crippen LogP contribution in [-0.4, -0.2) is 23.6 Å². The Hall–Kier alpha value is -1.83. The second-order valence-corrected chi connectivity index (χ2v) is 3.11. The SMILES string of the molecule is CCCCC#COC1C(=N)C(=O)NC1=O. The Morgan fingerprint density at radius 1 is 1.53 bits per heavy atom. The second-order valence-electron chi connectivity index (χ2n) is 3.11. The van der Waals surface area contributed by atoms with E-state index in [1.807, 2.05) is 12.2 Å². The molecule has 1 heterocycles. The summed E-state index contributed by atoms with van der Waals surface area (Å²) in [5.41, 5.74) is -0.384. The topological polar surface area (TPSA) is 79.2 Å². The van der Waals surface area contributed by atoms with Gasteiger partial charge in [-0.05, 0) is 6.42 Å². The van der Waals surface area contributed by atoms with Crippen LogP contribution >= 0.6 is 0 Å². The van der Waals surface area contributed by atoms with Gasteiger partial charge < -0.3 is 4.74 Å². The van der Waals surface area contributed by atoms with Crippen molar-refractivity contribution in [3.8, 4) is 12.0 Å². The number of hydrogen-bond acceptors (Lipinski definition) is 4. The molecule has 0 saturated carbocycles. The smallest absolute Gasteiger partial charge is 0.276 e. The van der Waals surface area contributed by atoms with Gasteiger partial charge >= 0.3 is 0 Å². The highest BCUT2D eigenvalue weighted by Gasteiger charge is 2.38. The molecule has 1 fully saturated rings. The Balaban J connectivity index is 2.44. The van der Waals surface area contributed by atoms with E-state index < -0.39 is 17.9 Å². The van der Waals surface area contributed by atoms with Crippen molar-refractivity contribution in [2.75, 3.05) is 0 Å². The number of imide groups is 1. The lowest BCUT2D eigenvalue weighted by atomic mass is 10.2. The quantitative estimate of drug-likeness (QED) is 0.395. The Morgan fingerprint density at radius 3 is 2.80 bits per heavy atom. The van der Waals surface area contributed by atoms with Crippen LogP contribution in [0.5, 0.6) is 0 Å². The molecule has 0 bridgehead atoms. The fourth-order valence-corrected chi connectivity index (χ4v) is 1.02. The first kappa shape index (κ1) is 11.2. The van der Waals surface area contributed by atoms with Crippen LogP contribution in [0.15, 0.2) is 0 Å².